The molecular formula is C10H19N5O2S. The Hall–Kier alpha value is -1.22. The Morgan fingerprint density at radius 2 is 2.17 bits per heavy atom. The van der Waals surface area contributed by atoms with Crippen LogP contribution >= 0.6 is 0 Å². The van der Waals surface area contributed by atoms with Gasteiger partial charge in [0.25, 0.3) is 0 Å². The second-order valence-electron chi connectivity index (χ2n) is 4.16. The normalized spacial score (nSPS) is 13.6. The van der Waals surface area contributed by atoms with Crippen molar-refractivity contribution in [2.24, 2.45) is 5.84 Å². The molecule has 102 valence electrons. The molecule has 7 nitrogen and oxygen atoms in total. The van der Waals surface area contributed by atoms with Crippen molar-refractivity contribution in [1.82, 2.24) is 14.6 Å². The van der Waals surface area contributed by atoms with Crippen molar-refractivity contribution >= 4 is 15.8 Å². The van der Waals surface area contributed by atoms with Crippen LogP contribution in [0.3, 0.4) is 0 Å². The van der Waals surface area contributed by atoms with Crippen LogP contribution in [0.4, 0.5) is 5.82 Å². The molecule has 0 aliphatic carbocycles. The molecule has 1 atom stereocenters. The molecule has 4 N–H and O–H groups in total. The number of hydrogen-bond donors (Lipinski definition) is 3. The maximum absolute atomic E-state index is 12.1. The predicted molar refractivity (Wildman–Crippen MR) is 70.4 cm³/mol. The molecule has 1 heterocycles. The van der Waals surface area contributed by atoms with Crippen molar-refractivity contribution < 1.29 is 8.42 Å². The summed E-state index contributed by atoms with van der Waals surface area (Å²) in [6.07, 6.45) is 1.47. The first-order chi connectivity index (χ1) is 8.38. The fraction of sp³-hybridized carbons (Fsp3) is 0.500. The Kier molecular flexibility index (Phi) is 5.03. The zero-order valence-electron chi connectivity index (χ0n) is 10.7. The molecule has 0 aromatic carbocycles. The molecule has 1 rings (SSSR count). The lowest BCUT2D eigenvalue weighted by atomic mass is 10.3. The summed E-state index contributed by atoms with van der Waals surface area (Å²) in [5, 5.41) is 0. The number of sulfonamides is 1. The molecule has 0 saturated carbocycles. The molecule has 1 aromatic heterocycles. The van der Waals surface area contributed by atoms with E-state index in [1.807, 2.05) is 25.9 Å². The average molecular weight is 273 g/mol. The van der Waals surface area contributed by atoms with Gasteiger partial charge in [-0.2, -0.15) is 0 Å². The standard InChI is InChI=1S/C10H19N5O2S/c1-8(15(2)3)7-13-18(16,17)9-5-4-6-12-10(9)14-11/h4-6,8,13H,7,11H2,1-3H3,(H,12,14). The van der Waals surface area contributed by atoms with E-state index in [2.05, 4.69) is 15.1 Å². The van der Waals surface area contributed by atoms with Gasteiger partial charge in [0.05, 0.1) is 0 Å². The highest BCUT2D eigenvalue weighted by molar-refractivity contribution is 7.89. The number of likely N-dealkylation sites (N-methyl/N-ethyl adjacent to an activating group) is 1. The van der Waals surface area contributed by atoms with E-state index >= 15 is 0 Å². The smallest absolute Gasteiger partial charge is 0.244 e. The number of aromatic nitrogens is 1. The number of nitrogens with zero attached hydrogens (tertiary/aromatic N) is 2. The van der Waals surface area contributed by atoms with Gasteiger partial charge in [-0.15, -0.1) is 0 Å². The van der Waals surface area contributed by atoms with Gasteiger partial charge in [0.1, 0.15) is 4.90 Å². The number of hydrazine groups is 1. The number of pyridine rings is 1. The van der Waals surface area contributed by atoms with Gasteiger partial charge in [-0.1, -0.05) is 0 Å². The van der Waals surface area contributed by atoms with E-state index in [0.29, 0.717) is 6.54 Å². The minimum absolute atomic E-state index is 0.0402. The van der Waals surface area contributed by atoms with Crippen LogP contribution < -0.4 is 16.0 Å². The Morgan fingerprint density at radius 3 is 2.72 bits per heavy atom. The summed E-state index contributed by atoms with van der Waals surface area (Å²) in [4.78, 5) is 5.82. The predicted octanol–water partition coefficient (Wildman–Crippen LogP) is -0.404. The summed E-state index contributed by atoms with van der Waals surface area (Å²) in [7, 11) is 0.156. The van der Waals surface area contributed by atoms with Crippen molar-refractivity contribution in [3.8, 4) is 0 Å². The van der Waals surface area contributed by atoms with Crippen molar-refractivity contribution in [2.45, 2.75) is 17.9 Å². The van der Waals surface area contributed by atoms with Gasteiger partial charge >= 0.3 is 0 Å². The van der Waals surface area contributed by atoms with E-state index < -0.39 is 10.0 Å². The van der Waals surface area contributed by atoms with Crippen LogP contribution in [0.5, 0.6) is 0 Å². The second kappa shape index (κ2) is 6.10. The third kappa shape index (κ3) is 3.64. The summed E-state index contributed by atoms with van der Waals surface area (Å²) in [6.45, 7) is 2.24. The molecule has 0 aliphatic heterocycles. The maximum Gasteiger partial charge on any atom is 0.244 e. The maximum atomic E-state index is 12.1. The van der Waals surface area contributed by atoms with Crippen LogP contribution in [0.15, 0.2) is 23.2 Å². The van der Waals surface area contributed by atoms with Crippen LogP contribution in [-0.2, 0) is 10.0 Å². The van der Waals surface area contributed by atoms with Crippen molar-refractivity contribution in [3.63, 3.8) is 0 Å². The topological polar surface area (TPSA) is 100 Å². The van der Waals surface area contributed by atoms with E-state index in [9.17, 15) is 8.42 Å². The minimum atomic E-state index is -3.61. The fourth-order valence-corrected chi connectivity index (χ4v) is 2.45. The SMILES string of the molecule is CC(CNS(=O)(=O)c1cccnc1NN)N(C)C. The first-order valence-corrected chi connectivity index (χ1v) is 6.94. The molecule has 0 amide bonds. The van der Waals surface area contributed by atoms with Gasteiger partial charge in [0, 0.05) is 18.8 Å². The Labute approximate surface area is 107 Å². The molecule has 0 saturated heterocycles. The first kappa shape index (κ1) is 14.8. The molecule has 1 unspecified atom stereocenters. The summed E-state index contributed by atoms with van der Waals surface area (Å²) in [5.41, 5.74) is 2.27. The zero-order chi connectivity index (χ0) is 13.8. The Morgan fingerprint density at radius 1 is 1.50 bits per heavy atom. The molecule has 0 spiro atoms. The van der Waals surface area contributed by atoms with Gasteiger partial charge in [0.2, 0.25) is 10.0 Å². The van der Waals surface area contributed by atoms with E-state index in [1.54, 1.807) is 6.07 Å². The van der Waals surface area contributed by atoms with Crippen LogP contribution in [0, 0.1) is 0 Å². The zero-order valence-corrected chi connectivity index (χ0v) is 11.5. The number of nitrogens with one attached hydrogen (secondary N) is 2. The van der Waals surface area contributed by atoms with Crippen LogP contribution in [0.2, 0.25) is 0 Å². The fourth-order valence-electron chi connectivity index (χ4n) is 1.21. The van der Waals surface area contributed by atoms with Crippen LogP contribution in [-0.4, -0.2) is 45.0 Å². The van der Waals surface area contributed by atoms with Crippen molar-refractivity contribution in [3.05, 3.63) is 18.3 Å². The van der Waals surface area contributed by atoms with E-state index in [0.717, 1.165) is 0 Å². The summed E-state index contributed by atoms with van der Waals surface area (Å²) in [5.74, 6) is 5.37. The number of anilines is 1. The Bertz CT molecular complexity index is 489. The molecule has 0 aliphatic rings. The number of nitrogen functional groups attached to an aromatic ring is 1. The van der Waals surface area contributed by atoms with Crippen molar-refractivity contribution in [2.75, 3.05) is 26.1 Å². The van der Waals surface area contributed by atoms with E-state index in [4.69, 9.17) is 5.84 Å². The van der Waals surface area contributed by atoms with E-state index in [-0.39, 0.29) is 16.8 Å². The lowest BCUT2D eigenvalue weighted by molar-refractivity contribution is 0.314. The molecule has 1 aromatic rings. The molecule has 8 heteroatoms. The van der Waals surface area contributed by atoms with Gasteiger partial charge < -0.3 is 10.3 Å². The van der Waals surface area contributed by atoms with Crippen LogP contribution in [0.25, 0.3) is 0 Å². The highest BCUT2D eigenvalue weighted by atomic mass is 32.2. The Balaban J connectivity index is 2.87. The third-order valence-corrected chi connectivity index (χ3v) is 4.10. The lowest BCUT2D eigenvalue weighted by Crippen LogP contribution is -2.38. The van der Waals surface area contributed by atoms with Crippen LogP contribution in [0.1, 0.15) is 6.92 Å². The molecular weight excluding hydrogens is 254 g/mol. The summed E-state index contributed by atoms with van der Waals surface area (Å²) < 4.78 is 26.7. The van der Waals surface area contributed by atoms with E-state index in [1.165, 1.54) is 12.3 Å². The monoisotopic (exact) mass is 273 g/mol. The number of rotatable bonds is 6. The summed E-state index contributed by atoms with van der Waals surface area (Å²) >= 11 is 0. The highest BCUT2D eigenvalue weighted by Crippen LogP contribution is 2.16. The lowest BCUT2D eigenvalue weighted by Gasteiger charge is -2.20. The van der Waals surface area contributed by atoms with Crippen molar-refractivity contribution in [1.29, 1.82) is 0 Å². The molecule has 0 fully saturated rings. The number of nitrogens with two attached hydrogens (primary N) is 1. The minimum Gasteiger partial charge on any atom is -0.307 e. The van der Waals surface area contributed by atoms with Gasteiger partial charge in [-0.25, -0.2) is 24.0 Å². The van der Waals surface area contributed by atoms with Gasteiger partial charge in [0.15, 0.2) is 5.82 Å². The average Bonchev–Trinajstić information content (AvgIpc) is 2.35. The van der Waals surface area contributed by atoms with Gasteiger partial charge in [-0.3, -0.25) is 0 Å². The number of hydrogen-bond acceptors (Lipinski definition) is 6. The largest absolute Gasteiger partial charge is 0.307 e. The quantitative estimate of drug-likeness (QED) is 0.481. The molecule has 18 heavy (non-hydrogen) atoms. The second-order valence-corrected chi connectivity index (χ2v) is 5.89. The molecule has 0 radical (unpaired) electrons. The summed E-state index contributed by atoms with van der Waals surface area (Å²) in [6, 6.07) is 3.08. The highest BCUT2D eigenvalue weighted by Gasteiger charge is 2.19. The third-order valence-electron chi connectivity index (χ3n) is 2.65. The van der Waals surface area contributed by atoms with Gasteiger partial charge in [-0.05, 0) is 33.2 Å². The first-order valence-electron chi connectivity index (χ1n) is 5.46. The molecule has 0 bridgehead atoms.